The van der Waals surface area contributed by atoms with E-state index in [1.807, 2.05) is 12.3 Å². The van der Waals surface area contributed by atoms with Crippen LogP contribution in [0.2, 0.25) is 0 Å². The minimum absolute atomic E-state index is 0.293. The zero-order chi connectivity index (χ0) is 10.7. The molecule has 0 unspecified atom stereocenters. The third kappa shape index (κ3) is 2.25. The number of rotatable bonds is 3. The molecule has 0 aliphatic rings. The van der Waals surface area contributed by atoms with Gasteiger partial charge in [-0.25, -0.2) is 0 Å². The van der Waals surface area contributed by atoms with Crippen molar-refractivity contribution in [2.24, 2.45) is 0 Å². The molecule has 1 aromatic heterocycles. The van der Waals surface area contributed by atoms with Gasteiger partial charge in [-0.1, -0.05) is 0 Å². The van der Waals surface area contributed by atoms with Gasteiger partial charge >= 0.3 is 95.6 Å². The van der Waals surface area contributed by atoms with Crippen LogP contribution >= 0.6 is 0 Å². The topological polar surface area (TPSA) is 25.0 Å². The van der Waals surface area contributed by atoms with E-state index in [-0.39, 0.29) is 0 Å². The molecule has 0 fully saturated rings. The quantitative estimate of drug-likeness (QED) is 0.823. The predicted molar refractivity (Wildman–Crippen MR) is 63.5 cm³/mol. The Labute approximate surface area is 95.8 Å². The number of aromatic amines is 1. The van der Waals surface area contributed by atoms with Crippen molar-refractivity contribution in [2.45, 2.75) is 6.92 Å². The van der Waals surface area contributed by atoms with Crippen molar-refractivity contribution in [3.8, 4) is 5.75 Å². The van der Waals surface area contributed by atoms with E-state index < -0.39 is 0 Å². The summed E-state index contributed by atoms with van der Waals surface area (Å²) in [5.74, 6) is 1.02. The van der Waals surface area contributed by atoms with Crippen molar-refractivity contribution < 1.29 is 4.74 Å². The van der Waals surface area contributed by atoms with Crippen molar-refractivity contribution in [3.63, 3.8) is 0 Å². The maximum absolute atomic E-state index is 5.43. The SMILES string of the molecule is COc1c(C)cccc1[Se]c1ccc[nH]1. The van der Waals surface area contributed by atoms with Gasteiger partial charge in [0, 0.05) is 0 Å². The van der Waals surface area contributed by atoms with Gasteiger partial charge in [-0.05, 0) is 0 Å². The number of hydrogen-bond acceptors (Lipinski definition) is 1. The molecule has 0 radical (unpaired) electrons. The van der Waals surface area contributed by atoms with E-state index in [9.17, 15) is 0 Å². The summed E-state index contributed by atoms with van der Waals surface area (Å²) in [5.41, 5.74) is 1.20. The Morgan fingerprint density at radius 2 is 2.07 bits per heavy atom. The molecule has 0 amide bonds. The van der Waals surface area contributed by atoms with Crippen LogP contribution in [0.1, 0.15) is 5.56 Å². The standard InChI is InChI=1S/C12H13NOSe/c1-9-5-3-6-10(12(9)14-2)15-11-7-4-8-13-11/h3-8,13H,1-2H3. The van der Waals surface area contributed by atoms with Crippen molar-refractivity contribution in [1.82, 2.24) is 4.98 Å². The van der Waals surface area contributed by atoms with Crippen molar-refractivity contribution in [1.29, 1.82) is 0 Å². The Kier molecular flexibility index (Phi) is 3.14. The summed E-state index contributed by atoms with van der Waals surface area (Å²) < 4.78 is 7.98. The number of para-hydroxylation sites is 1. The average molecular weight is 266 g/mol. The molecule has 0 aliphatic carbocycles. The molecule has 0 saturated carbocycles. The minimum atomic E-state index is 0.293. The Morgan fingerprint density at radius 1 is 1.20 bits per heavy atom. The van der Waals surface area contributed by atoms with Gasteiger partial charge in [-0.2, -0.15) is 0 Å². The van der Waals surface area contributed by atoms with Gasteiger partial charge in [0.2, 0.25) is 0 Å². The number of H-pyrrole nitrogens is 1. The molecular weight excluding hydrogens is 253 g/mol. The Bertz CT molecular complexity index is 437. The second-order valence-corrected chi connectivity index (χ2v) is 5.52. The molecule has 3 heteroatoms. The Hall–Kier alpha value is -1.18. The zero-order valence-electron chi connectivity index (χ0n) is 8.78. The van der Waals surface area contributed by atoms with E-state index in [1.54, 1.807) is 7.11 Å². The average Bonchev–Trinajstić information content (AvgIpc) is 2.71. The molecule has 15 heavy (non-hydrogen) atoms. The Balaban J connectivity index is 2.32. The summed E-state index contributed by atoms with van der Waals surface area (Å²) in [6, 6.07) is 10.4. The normalized spacial score (nSPS) is 10.3. The summed E-state index contributed by atoms with van der Waals surface area (Å²) in [4.78, 5) is 3.23. The molecule has 1 heterocycles. The zero-order valence-corrected chi connectivity index (χ0v) is 10.5. The van der Waals surface area contributed by atoms with E-state index in [0.29, 0.717) is 15.0 Å². The monoisotopic (exact) mass is 267 g/mol. The van der Waals surface area contributed by atoms with Crippen LogP contribution in [0.15, 0.2) is 36.5 Å². The van der Waals surface area contributed by atoms with Crippen molar-refractivity contribution >= 4 is 24.0 Å². The van der Waals surface area contributed by atoms with Crippen LogP contribution in [0.4, 0.5) is 0 Å². The first-order valence-corrected chi connectivity index (χ1v) is 6.47. The third-order valence-electron chi connectivity index (χ3n) is 2.17. The first kappa shape index (κ1) is 10.3. The van der Waals surface area contributed by atoms with Crippen LogP contribution in [0.5, 0.6) is 5.75 Å². The van der Waals surface area contributed by atoms with Crippen LogP contribution in [-0.2, 0) is 0 Å². The fourth-order valence-electron chi connectivity index (χ4n) is 1.46. The summed E-state index contributed by atoms with van der Waals surface area (Å²) >= 11 is 0.293. The van der Waals surface area contributed by atoms with Crippen LogP contribution in [0, 0.1) is 6.92 Å². The third-order valence-corrected chi connectivity index (χ3v) is 4.30. The molecular formula is C12H13NOSe. The summed E-state index contributed by atoms with van der Waals surface area (Å²) in [6.07, 6.45) is 1.96. The number of aryl methyl sites for hydroxylation is 1. The molecule has 1 aromatic carbocycles. The van der Waals surface area contributed by atoms with Gasteiger partial charge in [0.05, 0.1) is 0 Å². The number of methoxy groups -OCH3 is 1. The molecule has 0 atom stereocenters. The fraction of sp³-hybridized carbons (Fsp3) is 0.167. The molecule has 2 rings (SSSR count). The van der Waals surface area contributed by atoms with Crippen molar-refractivity contribution in [2.75, 3.05) is 7.11 Å². The van der Waals surface area contributed by atoms with Gasteiger partial charge in [-0.15, -0.1) is 0 Å². The van der Waals surface area contributed by atoms with Gasteiger partial charge < -0.3 is 0 Å². The molecule has 0 bridgehead atoms. The number of nitrogens with one attached hydrogen (secondary N) is 1. The van der Waals surface area contributed by atoms with E-state index in [2.05, 4.69) is 36.2 Å². The Morgan fingerprint density at radius 3 is 2.73 bits per heavy atom. The summed E-state index contributed by atoms with van der Waals surface area (Å²) in [5, 5.41) is 0. The molecule has 78 valence electrons. The second kappa shape index (κ2) is 4.56. The number of aromatic nitrogens is 1. The molecule has 0 saturated heterocycles. The van der Waals surface area contributed by atoms with E-state index in [1.165, 1.54) is 14.6 Å². The molecule has 0 spiro atoms. The van der Waals surface area contributed by atoms with Crippen LogP contribution < -0.4 is 13.8 Å². The van der Waals surface area contributed by atoms with Gasteiger partial charge in [0.25, 0.3) is 0 Å². The number of benzene rings is 1. The molecule has 2 aromatic rings. The number of ether oxygens (including phenoxy) is 1. The van der Waals surface area contributed by atoms with Crippen LogP contribution in [-0.4, -0.2) is 27.1 Å². The first-order valence-electron chi connectivity index (χ1n) is 4.76. The maximum atomic E-state index is 5.43. The second-order valence-electron chi connectivity index (χ2n) is 3.24. The molecule has 1 N–H and O–H groups in total. The van der Waals surface area contributed by atoms with Crippen LogP contribution in [0.3, 0.4) is 0 Å². The predicted octanol–water partition coefficient (Wildman–Crippen LogP) is 0.987. The fourth-order valence-corrected chi connectivity index (χ4v) is 3.55. The van der Waals surface area contributed by atoms with E-state index in [4.69, 9.17) is 4.74 Å². The van der Waals surface area contributed by atoms with Gasteiger partial charge in [0.15, 0.2) is 0 Å². The van der Waals surface area contributed by atoms with Gasteiger partial charge in [0.1, 0.15) is 0 Å². The molecule has 0 aliphatic heterocycles. The van der Waals surface area contributed by atoms with E-state index >= 15 is 0 Å². The number of hydrogen-bond donors (Lipinski definition) is 1. The molecule has 2 nitrogen and oxygen atoms in total. The summed E-state index contributed by atoms with van der Waals surface area (Å²) in [6.45, 7) is 2.08. The van der Waals surface area contributed by atoms with E-state index in [0.717, 1.165) is 5.75 Å². The van der Waals surface area contributed by atoms with Crippen LogP contribution in [0.25, 0.3) is 0 Å². The van der Waals surface area contributed by atoms with Gasteiger partial charge in [-0.3, -0.25) is 0 Å². The summed E-state index contributed by atoms with van der Waals surface area (Å²) in [7, 11) is 1.73. The van der Waals surface area contributed by atoms with Crippen molar-refractivity contribution in [3.05, 3.63) is 42.1 Å². The first-order chi connectivity index (χ1) is 7.31.